The topological polar surface area (TPSA) is 20.7 Å². The van der Waals surface area contributed by atoms with Crippen molar-refractivity contribution in [3.63, 3.8) is 0 Å². The summed E-state index contributed by atoms with van der Waals surface area (Å²) in [6, 6.07) is 22.8. The molecule has 0 amide bonds. The van der Waals surface area contributed by atoms with Gasteiger partial charge < -0.3 is 9.55 Å². The molecule has 31 heavy (non-hydrogen) atoms. The van der Waals surface area contributed by atoms with E-state index in [4.69, 9.17) is 0 Å². The van der Waals surface area contributed by atoms with Gasteiger partial charge in [0, 0.05) is 50.7 Å². The van der Waals surface area contributed by atoms with Crippen LogP contribution in [0.3, 0.4) is 0 Å². The lowest BCUT2D eigenvalue weighted by Crippen LogP contribution is -1.88. The van der Waals surface area contributed by atoms with Crippen molar-refractivity contribution in [1.29, 1.82) is 0 Å². The molecule has 0 spiro atoms. The summed E-state index contributed by atoms with van der Waals surface area (Å²) in [5.41, 5.74) is 12.7. The maximum absolute atomic E-state index is 3.76. The number of fused-ring (bicyclic) bond motifs is 6. The van der Waals surface area contributed by atoms with Crippen molar-refractivity contribution in [3.8, 4) is 11.1 Å². The Labute approximate surface area is 182 Å². The second kappa shape index (κ2) is 6.24. The van der Waals surface area contributed by atoms with Gasteiger partial charge in [-0.1, -0.05) is 35.4 Å². The number of aryl methyl sites for hydroxylation is 5. The largest absolute Gasteiger partial charge is 0.354 e. The van der Waals surface area contributed by atoms with Gasteiger partial charge in [0.05, 0.1) is 5.52 Å². The van der Waals surface area contributed by atoms with Gasteiger partial charge in [-0.05, 0) is 80.8 Å². The fourth-order valence-corrected chi connectivity index (χ4v) is 5.32. The first kappa shape index (κ1) is 18.3. The first-order valence-corrected chi connectivity index (χ1v) is 10.9. The molecule has 2 heteroatoms. The van der Waals surface area contributed by atoms with Gasteiger partial charge in [0.1, 0.15) is 0 Å². The lowest BCUT2D eigenvalue weighted by atomic mass is 9.97. The Morgan fingerprint density at radius 3 is 2.10 bits per heavy atom. The molecule has 2 nitrogen and oxygen atoms in total. The number of rotatable bonds is 1. The smallest absolute Gasteiger partial charge is 0.0544 e. The molecule has 0 aliphatic rings. The molecule has 0 saturated carbocycles. The highest BCUT2D eigenvalue weighted by atomic mass is 14.9. The predicted octanol–water partition coefficient (Wildman–Crippen LogP) is 7.87. The van der Waals surface area contributed by atoms with Gasteiger partial charge in [-0.2, -0.15) is 0 Å². The molecule has 1 N–H and O–H groups in total. The molecule has 0 radical (unpaired) electrons. The van der Waals surface area contributed by atoms with E-state index in [1.807, 2.05) is 0 Å². The number of H-pyrrole nitrogens is 1. The lowest BCUT2D eigenvalue weighted by molar-refractivity contribution is 1.01. The van der Waals surface area contributed by atoms with Crippen LogP contribution in [0.15, 0.2) is 60.7 Å². The predicted molar refractivity (Wildman–Crippen MR) is 134 cm³/mol. The Morgan fingerprint density at radius 1 is 0.581 bits per heavy atom. The maximum Gasteiger partial charge on any atom is 0.0544 e. The molecule has 0 atom stereocenters. The fourth-order valence-electron chi connectivity index (χ4n) is 5.32. The molecule has 6 aromatic rings. The number of hydrogen-bond donors (Lipinski definition) is 1. The molecule has 0 bridgehead atoms. The van der Waals surface area contributed by atoms with E-state index in [2.05, 4.69) is 105 Å². The highest BCUT2D eigenvalue weighted by Gasteiger charge is 2.15. The van der Waals surface area contributed by atoms with Crippen LogP contribution >= 0.6 is 0 Å². The Morgan fingerprint density at radius 2 is 1.29 bits per heavy atom. The second-order valence-electron chi connectivity index (χ2n) is 9.18. The summed E-state index contributed by atoms with van der Waals surface area (Å²) in [6.07, 6.45) is 0. The standard InChI is InChI=1S/C29H26N2/c1-16-6-9-26-23(11-16)21-8-7-20(15-27(21)31(26)5)22-12-18(3)14-25-24-13-17(2)10-19(4)28(24)30-29(22)25/h6-15,30H,1-5H3. The molecule has 0 aliphatic heterocycles. The summed E-state index contributed by atoms with van der Waals surface area (Å²) >= 11 is 0. The number of aromatic amines is 1. The normalized spacial score (nSPS) is 12.0. The number of benzene rings is 4. The zero-order chi connectivity index (χ0) is 21.4. The SMILES string of the molecule is Cc1cc(C)c2[nH]c3c(-c4ccc5c6cc(C)ccc6n(C)c5c4)cc(C)cc3c2c1. The Balaban J connectivity index is 1.69. The quantitative estimate of drug-likeness (QED) is 0.289. The van der Waals surface area contributed by atoms with Crippen LogP contribution in [-0.4, -0.2) is 9.55 Å². The van der Waals surface area contributed by atoms with Crippen LogP contribution in [0, 0.1) is 27.7 Å². The number of nitrogens with one attached hydrogen (secondary N) is 1. The minimum Gasteiger partial charge on any atom is -0.354 e. The molecule has 0 saturated heterocycles. The average molecular weight is 403 g/mol. The fraction of sp³-hybridized carbons (Fsp3) is 0.172. The van der Waals surface area contributed by atoms with Crippen LogP contribution in [0.25, 0.3) is 54.7 Å². The van der Waals surface area contributed by atoms with Crippen LogP contribution in [0.4, 0.5) is 0 Å². The average Bonchev–Trinajstić information content (AvgIpc) is 3.23. The highest BCUT2D eigenvalue weighted by molar-refractivity contribution is 6.14. The van der Waals surface area contributed by atoms with E-state index < -0.39 is 0 Å². The van der Waals surface area contributed by atoms with Crippen molar-refractivity contribution in [2.75, 3.05) is 0 Å². The van der Waals surface area contributed by atoms with Gasteiger partial charge in [0.2, 0.25) is 0 Å². The molecule has 2 heterocycles. The summed E-state index contributed by atoms with van der Waals surface area (Å²) < 4.78 is 2.32. The molecule has 152 valence electrons. The first-order chi connectivity index (χ1) is 14.9. The Hall–Kier alpha value is -3.52. The molecular formula is C29H26N2. The minimum atomic E-state index is 1.23. The van der Waals surface area contributed by atoms with Crippen LogP contribution in [-0.2, 0) is 7.05 Å². The summed E-state index contributed by atoms with van der Waals surface area (Å²) in [7, 11) is 2.17. The summed E-state index contributed by atoms with van der Waals surface area (Å²) in [5, 5.41) is 5.27. The van der Waals surface area contributed by atoms with Crippen molar-refractivity contribution < 1.29 is 0 Å². The zero-order valence-corrected chi connectivity index (χ0v) is 18.7. The Bertz CT molecular complexity index is 1670. The van der Waals surface area contributed by atoms with Gasteiger partial charge in [0.15, 0.2) is 0 Å². The molecule has 2 aromatic heterocycles. The van der Waals surface area contributed by atoms with Crippen LogP contribution in [0.1, 0.15) is 22.3 Å². The Kier molecular flexibility index (Phi) is 3.68. The molecule has 0 aliphatic carbocycles. The minimum absolute atomic E-state index is 1.23. The van der Waals surface area contributed by atoms with Crippen LogP contribution < -0.4 is 0 Å². The van der Waals surface area contributed by atoms with Gasteiger partial charge >= 0.3 is 0 Å². The van der Waals surface area contributed by atoms with Crippen molar-refractivity contribution >= 4 is 43.6 Å². The summed E-state index contributed by atoms with van der Waals surface area (Å²) in [5.74, 6) is 0. The molecule has 6 rings (SSSR count). The van der Waals surface area contributed by atoms with Crippen molar-refractivity contribution in [1.82, 2.24) is 9.55 Å². The highest BCUT2D eigenvalue weighted by Crippen LogP contribution is 2.38. The second-order valence-corrected chi connectivity index (χ2v) is 9.18. The monoisotopic (exact) mass is 402 g/mol. The van der Waals surface area contributed by atoms with E-state index in [1.165, 1.54) is 77.0 Å². The first-order valence-electron chi connectivity index (χ1n) is 10.9. The lowest BCUT2D eigenvalue weighted by Gasteiger charge is -2.07. The van der Waals surface area contributed by atoms with Crippen LogP contribution in [0.2, 0.25) is 0 Å². The van der Waals surface area contributed by atoms with Gasteiger partial charge in [-0.3, -0.25) is 0 Å². The number of hydrogen-bond acceptors (Lipinski definition) is 0. The van der Waals surface area contributed by atoms with Gasteiger partial charge in [-0.25, -0.2) is 0 Å². The maximum atomic E-state index is 3.76. The third kappa shape index (κ3) is 2.58. The van der Waals surface area contributed by atoms with Crippen molar-refractivity contribution in [2.45, 2.75) is 27.7 Å². The molecule has 0 fully saturated rings. The summed E-state index contributed by atoms with van der Waals surface area (Å²) in [6.45, 7) is 8.73. The zero-order valence-electron chi connectivity index (χ0n) is 18.7. The number of aromatic nitrogens is 2. The van der Waals surface area contributed by atoms with Gasteiger partial charge in [0.25, 0.3) is 0 Å². The number of nitrogens with zero attached hydrogens (tertiary/aromatic N) is 1. The van der Waals surface area contributed by atoms with E-state index in [-0.39, 0.29) is 0 Å². The van der Waals surface area contributed by atoms with Crippen molar-refractivity contribution in [2.24, 2.45) is 7.05 Å². The van der Waals surface area contributed by atoms with E-state index in [0.717, 1.165) is 0 Å². The third-order valence-electron chi connectivity index (χ3n) is 6.78. The van der Waals surface area contributed by atoms with E-state index in [1.54, 1.807) is 0 Å². The molecular weight excluding hydrogens is 376 g/mol. The van der Waals surface area contributed by atoms with Gasteiger partial charge in [-0.15, -0.1) is 0 Å². The van der Waals surface area contributed by atoms with Crippen molar-refractivity contribution in [3.05, 3.63) is 82.9 Å². The van der Waals surface area contributed by atoms with Crippen LogP contribution in [0.5, 0.6) is 0 Å². The summed E-state index contributed by atoms with van der Waals surface area (Å²) in [4.78, 5) is 3.76. The van der Waals surface area contributed by atoms with E-state index in [9.17, 15) is 0 Å². The third-order valence-corrected chi connectivity index (χ3v) is 6.78. The molecule has 0 unspecified atom stereocenters. The van der Waals surface area contributed by atoms with E-state index >= 15 is 0 Å². The molecule has 4 aromatic carbocycles. The van der Waals surface area contributed by atoms with E-state index in [0.29, 0.717) is 0 Å².